The molecule has 4 aromatic heterocycles. The van der Waals surface area contributed by atoms with Crippen LogP contribution in [0.15, 0.2) is 134 Å². The second kappa shape index (κ2) is 15.4. The number of para-hydroxylation sites is 2. The van der Waals surface area contributed by atoms with Crippen molar-refractivity contribution in [3.8, 4) is 33.6 Å². The molecule has 0 radical (unpaired) electrons. The number of nitrogens with zero attached hydrogens (tertiary/aromatic N) is 4. The summed E-state index contributed by atoms with van der Waals surface area (Å²) < 4.78 is 8.89. The first kappa shape index (κ1) is 40.0. The van der Waals surface area contributed by atoms with E-state index in [2.05, 4.69) is 193 Å². The molecule has 0 spiro atoms. The van der Waals surface area contributed by atoms with Crippen LogP contribution in [0, 0.1) is 0 Å². The molecule has 0 bridgehead atoms. The number of aryl methyl sites for hydroxylation is 2. The van der Waals surface area contributed by atoms with E-state index in [0.717, 1.165) is 34.0 Å². The van der Waals surface area contributed by atoms with Crippen LogP contribution in [0.4, 0.5) is 0 Å². The van der Waals surface area contributed by atoms with Crippen molar-refractivity contribution in [3.63, 3.8) is 0 Å². The molecule has 0 atom stereocenters. The molecule has 4 aromatic carbocycles. The van der Waals surface area contributed by atoms with Crippen molar-refractivity contribution >= 4 is 55.2 Å². The van der Waals surface area contributed by atoms with Gasteiger partial charge in [0.2, 0.25) is 11.4 Å². The number of carbonyl (C=O) groups excluding carboxylic acids is 2. The van der Waals surface area contributed by atoms with Crippen molar-refractivity contribution < 1.29 is 18.7 Å². The van der Waals surface area contributed by atoms with Gasteiger partial charge in [0.25, 0.3) is 11.8 Å². The van der Waals surface area contributed by atoms with Gasteiger partial charge in [-0.1, -0.05) is 58.0 Å². The quantitative estimate of drug-likeness (QED) is 0.0773. The SMILES string of the molecule is Cn1cc(-c2cc[n+]3c(c2)C(C)(C)c2cc(C(=O)NCCSSCCNC(=O)c4ccc5c(c4)C(C)(C)c4cc(-c6cn(C)c7ccccc67)cc[n+]4-5)ccc2-3)c2ccccc21. The van der Waals surface area contributed by atoms with E-state index in [-0.39, 0.29) is 22.6 Å². The van der Waals surface area contributed by atoms with E-state index in [4.69, 9.17) is 0 Å². The zero-order valence-electron chi connectivity index (χ0n) is 36.0. The summed E-state index contributed by atoms with van der Waals surface area (Å²) in [6.45, 7) is 10.1. The molecule has 0 saturated heterocycles. The lowest BCUT2D eigenvalue weighted by Gasteiger charge is -2.15. The van der Waals surface area contributed by atoms with Crippen molar-refractivity contribution in [3.05, 3.63) is 168 Å². The Hall–Kier alpha value is -6.10. The third-order valence-electron chi connectivity index (χ3n) is 13.0. The molecule has 6 heterocycles. The van der Waals surface area contributed by atoms with Gasteiger partial charge in [-0.05, 0) is 75.2 Å². The number of benzene rings is 4. The first-order chi connectivity index (χ1) is 29.9. The maximum Gasteiger partial charge on any atom is 0.251 e. The number of fused-ring (bicyclic) bond motifs is 8. The van der Waals surface area contributed by atoms with Crippen molar-refractivity contribution in [2.24, 2.45) is 14.1 Å². The summed E-state index contributed by atoms with van der Waals surface area (Å²) in [4.78, 5) is 26.7. The number of carbonyl (C=O) groups is 2. The highest BCUT2D eigenvalue weighted by Crippen LogP contribution is 2.42. The largest absolute Gasteiger partial charge is 0.351 e. The molecule has 2 aliphatic rings. The molecule has 310 valence electrons. The Labute approximate surface area is 370 Å². The van der Waals surface area contributed by atoms with Crippen LogP contribution in [0.3, 0.4) is 0 Å². The van der Waals surface area contributed by atoms with E-state index < -0.39 is 0 Å². The summed E-state index contributed by atoms with van der Waals surface area (Å²) in [5.41, 5.74) is 14.9. The van der Waals surface area contributed by atoms with E-state index in [1.807, 2.05) is 12.1 Å². The van der Waals surface area contributed by atoms with Crippen LogP contribution in [0.1, 0.15) is 70.9 Å². The fourth-order valence-electron chi connectivity index (χ4n) is 9.65. The number of hydrogen-bond donors (Lipinski definition) is 2. The van der Waals surface area contributed by atoms with Gasteiger partial charge in [-0.2, -0.15) is 9.13 Å². The topological polar surface area (TPSA) is 75.8 Å². The summed E-state index contributed by atoms with van der Waals surface area (Å²) in [7, 11) is 7.59. The second-order valence-electron chi connectivity index (χ2n) is 17.6. The molecule has 2 aliphatic heterocycles. The van der Waals surface area contributed by atoms with Gasteiger partial charge >= 0.3 is 0 Å². The third kappa shape index (κ3) is 6.62. The maximum atomic E-state index is 13.3. The zero-order chi connectivity index (χ0) is 42.9. The molecule has 0 aliphatic carbocycles. The fourth-order valence-corrected chi connectivity index (χ4v) is 11.5. The summed E-state index contributed by atoms with van der Waals surface area (Å²) in [5, 5.41) is 8.72. The van der Waals surface area contributed by atoms with E-state index in [1.165, 1.54) is 55.4 Å². The molecule has 0 unspecified atom stereocenters. The van der Waals surface area contributed by atoms with Crippen LogP contribution in [0.2, 0.25) is 0 Å². The highest BCUT2D eigenvalue weighted by atomic mass is 33.1. The first-order valence-electron chi connectivity index (χ1n) is 21.2. The zero-order valence-corrected chi connectivity index (χ0v) is 37.6. The van der Waals surface area contributed by atoms with Crippen LogP contribution in [-0.2, 0) is 24.9 Å². The fraction of sp³-hybridized carbons (Fsp3) is 0.231. The predicted molar refractivity (Wildman–Crippen MR) is 254 cm³/mol. The van der Waals surface area contributed by atoms with Crippen molar-refractivity contribution in [2.75, 3.05) is 24.6 Å². The van der Waals surface area contributed by atoms with Gasteiger partial charge in [0.05, 0.1) is 10.8 Å². The minimum atomic E-state index is -0.278. The molecular formula is C52H50N6O2S2+2. The number of nitrogens with one attached hydrogen (secondary N) is 2. The van der Waals surface area contributed by atoms with Crippen LogP contribution in [0.5, 0.6) is 0 Å². The van der Waals surface area contributed by atoms with Crippen LogP contribution in [0.25, 0.3) is 55.4 Å². The Balaban J connectivity index is 0.706. The number of amides is 2. The molecular weight excluding hydrogens is 805 g/mol. The Morgan fingerprint density at radius 3 is 1.42 bits per heavy atom. The van der Waals surface area contributed by atoms with E-state index in [1.54, 1.807) is 21.6 Å². The number of rotatable bonds is 11. The molecule has 0 fully saturated rings. The molecule has 62 heavy (non-hydrogen) atoms. The molecule has 8 aromatic rings. The van der Waals surface area contributed by atoms with Gasteiger partial charge < -0.3 is 19.8 Å². The second-order valence-corrected chi connectivity index (χ2v) is 20.3. The summed E-state index contributed by atoms with van der Waals surface area (Å²) in [6.07, 6.45) is 8.74. The number of aromatic nitrogens is 4. The highest BCUT2D eigenvalue weighted by molar-refractivity contribution is 8.76. The molecule has 0 saturated carbocycles. The standard InChI is InChI=1S/C52H48N6O2S2/c1-51(2)41-27-35(15-17-45(41)57-23-19-33(29-47(51)57)39-31-55(5)43-13-9-7-11-37(39)43)49(59)53-21-25-61-62-26-22-54-50(60)36-16-18-46-42(28-36)52(3,4)48-30-34(20-24-58(46)48)40-32-56(6)44-14-10-8-12-38(40)44/h7-20,23-24,27-32H,21-22,25-26H2,1-6H3/p+2. The summed E-state index contributed by atoms with van der Waals surface area (Å²) in [5.74, 6) is 1.39. The van der Waals surface area contributed by atoms with E-state index in [0.29, 0.717) is 24.2 Å². The Kier molecular flexibility index (Phi) is 9.91. The van der Waals surface area contributed by atoms with Crippen molar-refractivity contribution in [2.45, 2.75) is 38.5 Å². The van der Waals surface area contributed by atoms with Gasteiger partial charge in [0.1, 0.15) is 0 Å². The number of hydrogen-bond acceptors (Lipinski definition) is 4. The molecule has 2 amide bonds. The van der Waals surface area contributed by atoms with E-state index in [9.17, 15) is 9.59 Å². The third-order valence-corrected chi connectivity index (χ3v) is 15.4. The van der Waals surface area contributed by atoms with Gasteiger partial charge in [-0.3, -0.25) is 9.59 Å². The van der Waals surface area contributed by atoms with Crippen LogP contribution in [-0.4, -0.2) is 45.5 Å². The number of pyridine rings is 2. The van der Waals surface area contributed by atoms with Crippen LogP contribution >= 0.6 is 21.6 Å². The lowest BCUT2D eigenvalue weighted by atomic mass is 9.82. The molecule has 2 N–H and O–H groups in total. The maximum absolute atomic E-state index is 13.3. The molecule has 10 heteroatoms. The Morgan fingerprint density at radius 1 is 0.565 bits per heavy atom. The normalized spacial score (nSPS) is 14.1. The van der Waals surface area contributed by atoms with Gasteiger partial charge in [0.15, 0.2) is 23.8 Å². The van der Waals surface area contributed by atoms with Crippen molar-refractivity contribution in [1.29, 1.82) is 0 Å². The van der Waals surface area contributed by atoms with Crippen LogP contribution < -0.4 is 19.8 Å². The summed E-state index contributed by atoms with van der Waals surface area (Å²) in [6, 6.07) is 38.1. The average Bonchev–Trinajstić information content (AvgIpc) is 3.95. The van der Waals surface area contributed by atoms with Crippen molar-refractivity contribution in [1.82, 2.24) is 19.8 Å². The highest BCUT2D eigenvalue weighted by Gasteiger charge is 2.45. The monoisotopic (exact) mass is 854 g/mol. The first-order valence-corrected chi connectivity index (χ1v) is 23.7. The predicted octanol–water partition coefficient (Wildman–Crippen LogP) is 9.38. The minimum absolute atomic E-state index is 0.0665. The Bertz CT molecular complexity index is 2910. The van der Waals surface area contributed by atoms with E-state index >= 15 is 0 Å². The smallest absolute Gasteiger partial charge is 0.251 e. The lowest BCUT2D eigenvalue weighted by Crippen LogP contribution is -2.34. The van der Waals surface area contributed by atoms with Gasteiger partial charge in [-0.25, -0.2) is 0 Å². The lowest BCUT2D eigenvalue weighted by molar-refractivity contribution is -0.600. The Morgan fingerprint density at radius 2 is 0.984 bits per heavy atom. The molecule has 8 nitrogen and oxygen atoms in total. The summed E-state index contributed by atoms with van der Waals surface area (Å²) >= 11 is 0. The minimum Gasteiger partial charge on any atom is -0.351 e. The van der Waals surface area contributed by atoms with Gasteiger partial charge in [-0.15, -0.1) is 0 Å². The molecule has 10 rings (SSSR count). The average molecular weight is 855 g/mol. The van der Waals surface area contributed by atoms with Gasteiger partial charge in [0, 0.05) is 143 Å².